The molecule has 2 aromatic heterocycles. The predicted molar refractivity (Wildman–Crippen MR) is 86.0 cm³/mol. The van der Waals surface area contributed by atoms with Crippen LogP contribution in [0.1, 0.15) is 21.9 Å². The molecule has 0 saturated heterocycles. The van der Waals surface area contributed by atoms with Gasteiger partial charge in [0.15, 0.2) is 12.1 Å². The molecule has 0 aliphatic heterocycles. The van der Waals surface area contributed by atoms with Crippen LogP contribution in [0.15, 0.2) is 36.5 Å². The van der Waals surface area contributed by atoms with Gasteiger partial charge in [0.25, 0.3) is 0 Å². The molecule has 0 aliphatic carbocycles. The van der Waals surface area contributed by atoms with Crippen molar-refractivity contribution < 1.29 is 9.53 Å². The molecule has 6 nitrogen and oxygen atoms in total. The first-order valence-corrected chi connectivity index (χ1v) is 7.12. The highest BCUT2D eigenvalue weighted by molar-refractivity contribution is 5.85. The summed E-state index contributed by atoms with van der Waals surface area (Å²) in [5, 5.41) is 4.51. The van der Waals surface area contributed by atoms with Crippen LogP contribution in [0.4, 0.5) is 0 Å². The molecule has 0 unspecified atom stereocenters. The summed E-state index contributed by atoms with van der Waals surface area (Å²) in [4.78, 5) is 20.0. The summed E-state index contributed by atoms with van der Waals surface area (Å²) in [6.45, 7) is 3.72. The number of carbonyl (C=O) groups is 1. The highest BCUT2D eigenvalue weighted by Crippen LogP contribution is 2.24. The Bertz CT molecular complexity index is 833. The second-order valence-corrected chi connectivity index (χ2v) is 5.14. The molecule has 1 aromatic carbocycles. The van der Waals surface area contributed by atoms with Crippen molar-refractivity contribution >= 4 is 6.29 Å². The summed E-state index contributed by atoms with van der Waals surface area (Å²) in [7, 11) is 1.61. The minimum atomic E-state index is 0.504. The lowest BCUT2D eigenvalue weighted by Gasteiger charge is -2.03. The molecule has 0 radical (unpaired) electrons. The number of nitrogens with zero attached hydrogens (tertiary/aromatic N) is 4. The number of carbonyl (C=O) groups excluding carboxylic acids is 1. The van der Waals surface area contributed by atoms with Crippen LogP contribution >= 0.6 is 0 Å². The number of benzene rings is 1. The van der Waals surface area contributed by atoms with Crippen LogP contribution in [0.2, 0.25) is 0 Å². The molecule has 2 heterocycles. The van der Waals surface area contributed by atoms with E-state index in [2.05, 4.69) is 15.1 Å². The first-order chi connectivity index (χ1) is 11.1. The van der Waals surface area contributed by atoms with Crippen molar-refractivity contribution in [2.45, 2.75) is 13.8 Å². The summed E-state index contributed by atoms with van der Waals surface area (Å²) in [5.74, 6) is 2.05. The SMILES string of the molecule is COc1ccc(-c2nn(-c3cc(C)nc(C)n3)cc2C=O)cc1. The van der Waals surface area contributed by atoms with Gasteiger partial charge in [-0.1, -0.05) is 0 Å². The maximum Gasteiger partial charge on any atom is 0.157 e. The highest BCUT2D eigenvalue weighted by Gasteiger charge is 2.13. The minimum absolute atomic E-state index is 0.504. The van der Waals surface area contributed by atoms with Gasteiger partial charge in [0.1, 0.15) is 17.3 Å². The van der Waals surface area contributed by atoms with Gasteiger partial charge in [-0.05, 0) is 38.1 Å². The van der Waals surface area contributed by atoms with E-state index in [0.717, 1.165) is 23.3 Å². The maximum atomic E-state index is 11.4. The van der Waals surface area contributed by atoms with E-state index in [1.165, 1.54) is 0 Å². The van der Waals surface area contributed by atoms with Gasteiger partial charge >= 0.3 is 0 Å². The fraction of sp³-hybridized carbons (Fsp3) is 0.176. The Hall–Kier alpha value is -3.02. The zero-order valence-electron chi connectivity index (χ0n) is 13.1. The number of hydrogen-bond donors (Lipinski definition) is 0. The molecule has 0 spiro atoms. The summed E-state index contributed by atoms with van der Waals surface area (Å²) < 4.78 is 6.75. The number of aryl methyl sites for hydroxylation is 2. The monoisotopic (exact) mass is 308 g/mol. The minimum Gasteiger partial charge on any atom is -0.497 e. The van der Waals surface area contributed by atoms with Crippen molar-refractivity contribution in [2.75, 3.05) is 7.11 Å². The number of methoxy groups -OCH3 is 1. The Balaban J connectivity index is 2.08. The summed E-state index contributed by atoms with van der Waals surface area (Å²) in [6.07, 6.45) is 2.47. The van der Waals surface area contributed by atoms with Crippen LogP contribution < -0.4 is 4.74 Å². The molecule has 0 amide bonds. The van der Waals surface area contributed by atoms with E-state index in [1.54, 1.807) is 18.0 Å². The molecular formula is C17H16N4O2. The topological polar surface area (TPSA) is 69.9 Å². The maximum absolute atomic E-state index is 11.4. The Kier molecular flexibility index (Phi) is 3.89. The molecule has 6 heteroatoms. The van der Waals surface area contributed by atoms with Crippen LogP contribution in [0.25, 0.3) is 17.1 Å². The Morgan fingerprint density at radius 2 is 1.87 bits per heavy atom. The van der Waals surface area contributed by atoms with Crippen molar-refractivity contribution in [3.63, 3.8) is 0 Å². The van der Waals surface area contributed by atoms with Crippen molar-refractivity contribution in [1.29, 1.82) is 0 Å². The van der Waals surface area contributed by atoms with Crippen molar-refractivity contribution in [3.05, 3.63) is 53.6 Å². The molecule has 116 valence electrons. The summed E-state index contributed by atoms with van der Waals surface area (Å²) in [6, 6.07) is 9.24. The average Bonchev–Trinajstić information content (AvgIpc) is 2.98. The molecule has 23 heavy (non-hydrogen) atoms. The van der Waals surface area contributed by atoms with Crippen LogP contribution in [0.5, 0.6) is 5.75 Å². The van der Waals surface area contributed by atoms with Crippen LogP contribution in [-0.4, -0.2) is 33.1 Å². The van der Waals surface area contributed by atoms with Crippen molar-refractivity contribution in [1.82, 2.24) is 19.7 Å². The van der Waals surface area contributed by atoms with Gasteiger partial charge in [0.2, 0.25) is 0 Å². The van der Waals surface area contributed by atoms with E-state index < -0.39 is 0 Å². The standard InChI is InChI=1S/C17H16N4O2/c1-11-8-16(19-12(2)18-11)21-9-14(10-22)17(20-21)13-4-6-15(23-3)7-5-13/h4-10H,1-3H3. The summed E-state index contributed by atoms with van der Waals surface area (Å²) >= 11 is 0. The van der Waals surface area contributed by atoms with E-state index >= 15 is 0 Å². The van der Waals surface area contributed by atoms with E-state index in [-0.39, 0.29) is 0 Å². The first kappa shape index (κ1) is 14.9. The van der Waals surface area contributed by atoms with Gasteiger partial charge in [-0.25, -0.2) is 14.6 Å². The van der Waals surface area contributed by atoms with Gasteiger partial charge in [0, 0.05) is 23.5 Å². The normalized spacial score (nSPS) is 10.6. The van der Waals surface area contributed by atoms with E-state index in [0.29, 0.717) is 22.9 Å². The van der Waals surface area contributed by atoms with E-state index in [9.17, 15) is 4.79 Å². The highest BCUT2D eigenvalue weighted by atomic mass is 16.5. The molecule has 0 bridgehead atoms. The molecule has 3 aromatic rings. The van der Waals surface area contributed by atoms with E-state index in [4.69, 9.17) is 4.74 Å². The van der Waals surface area contributed by atoms with Crippen LogP contribution in [0.3, 0.4) is 0 Å². The predicted octanol–water partition coefficient (Wildman–Crippen LogP) is 2.77. The largest absolute Gasteiger partial charge is 0.497 e. The first-order valence-electron chi connectivity index (χ1n) is 7.12. The van der Waals surface area contributed by atoms with Crippen molar-refractivity contribution in [3.8, 4) is 22.8 Å². The lowest BCUT2D eigenvalue weighted by molar-refractivity contribution is 0.112. The zero-order valence-corrected chi connectivity index (χ0v) is 13.1. The van der Waals surface area contributed by atoms with Gasteiger partial charge in [-0.2, -0.15) is 5.10 Å². The van der Waals surface area contributed by atoms with Gasteiger partial charge < -0.3 is 4.74 Å². The van der Waals surface area contributed by atoms with Crippen molar-refractivity contribution in [2.24, 2.45) is 0 Å². The summed E-state index contributed by atoms with van der Waals surface area (Å²) in [5.41, 5.74) is 2.80. The molecule has 0 fully saturated rings. The Morgan fingerprint density at radius 1 is 1.13 bits per heavy atom. The third-order valence-corrected chi connectivity index (χ3v) is 3.42. The number of ether oxygens (including phenoxy) is 1. The fourth-order valence-electron chi connectivity index (χ4n) is 2.38. The molecule has 0 N–H and O–H groups in total. The number of aldehydes is 1. The lowest BCUT2D eigenvalue weighted by Crippen LogP contribution is -2.02. The molecule has 0 atom stereocenters. The number of rotatable bonds is 4. The smallest absolute Gasteiger partial charge is 0.157 e. The van der Waals surface area contributed by atoms with Crippen LogP contribution in [0, 0.1) is 13.8 Å². The molecule has 3 rings (SSSR count). The second-order valence-electron chi connectivity index (χ2n) is 5.14. The van der Waals surface area contributed by atoms with Gasteiger partial charge in [-0.3, -0.25) is 4.79 Å². The molecule has 0 saturated carbocycles. The number of aromatic nitrogens is 4. The van der Waals surface area contributed by atoms with Gasteiger partial charge in [-0.15, -0.1) is 0 Å². The lowest BCUT2D eigenvalue weighted by atomic mass is 10.1. The Labute approximate surface area is 133 Å². The zero-order chi connectivity index (χ0) is 16.4. The van der Waals surface area contributed by atoms with Crippen LogP contribution in [-0.2, 0) is 0 Å². The third kappa shape index (κ3) is 2.96. The molecular weight excluding hydrogens is 292 g/mol. The van der Waals surface area contributed by atoms with Gasteiger partial charge in [0.05, 0.1) is 12.7 Å². The fourth-order valence-corrected chi connectivity index (χ4v) is 2.38. The Morgan fingerprint density at radius 3 is 2.48 bits per heavy atom. The number of hydrogen-bond acceptors (Lipinski definition) is 5. The molecule has 0 aliphatic rings. The second kappa shape index (κ2) is 6.00. The average molecular weight is 308 g/mol. The third-order valence-electron chi connectivity index (χ3n) is 3.42. The quantitative estimate of drug-likeness (QED) is 0.693. The van der Waals surface area contributed by atoms with E-state index in [1.807, 2.05) is 44.2 Å².